The van der Waals surface area contributed by atoms with Crippen LogP contribution in [0.2, 0.25) is 0 Å². The molecule has 0 heterocycles. The zero-order chi connectivity index (χ0) is 7.11. The van der Waals surface area contributed by atoms with Gasteiger partial charge in [-0.1, -0.05) is 20.4 Å². The first kappa shape index (κ1) is 10.1. The normalized spacial score (nSPS) is 7.56. The zero-order valence-electron chi connectivity index (χ0n) is 4.77. The average molecular weight is 348 g/mol. The fraction of sp³-hybridized carbons (Fsp3) is 0. The minimum atomic E-state index is 1.10. The van der Waals surface area contributed by atoms with E-state index in [0.29, 0.717) is 0 Å². The van der Waals surface area contributed by atoms with Gasteiger partial charge in [-0.25, -0.2) is 0 Å². The maximum atomic E-state index is 3.29. The molecule has 3 heteroatoms. The third-order valence-electron chi connectivity index (χ3n) is 0.678. The first-order chi connectivity index (χ1) is 4.39. The van der Waals surface area contributed by atoms with Gasteiger partial charge < -0.3 is 0 Å². The maximum absolute atomic E-state index is 3.29. The molecule has 1 aromatic carbocycles. The van der Waals surface area contributed by atoms with Crippen molar-refractivity contribution in [2.45, 2.75) is 0 Å². The summed E-state index contributed by atoms with van der Waals surface area (Å²) in [6.45, 7) is 0. The Bertz CT molecular complexity index is 143. The van der Waals surface area contributed by atoms with Crippen LogP contribution in [0.15, 0.2) is 28.7 Å². The van der Waals surface area contributed by atoms with Crippen molar-refractivity contribution in [3.8, 4) is 0 Å². The number of benzene rings is 1. The van der Waals surface area contributed by atoms with Crippen molar-refractivity contribution < 1.29 is 14.8 Å². The van der Waals surface area contributed by atoms with Crippen LogP contribution >= 0.6 is 35.7 Å². The van der Waals surface area contributed by atoms with E-state index in [1.165, 1.54) is 14.8 Å². The topological polar surface area (TPSA) is 0 Å². The summed E-state index contributed by atoms with van der Waals surface area (Å²) in [4.78, 5) is 0. The van der Waals surface area contributed by atoms with E-state index in [1.54, 1.807) is 0 Å². The van der Waals surface area contributed by atoms with Gasteiger partial charge in [0.25, 0.3) is 0 Å². The summed E-state index contributed by atoms with van der Waals surface area (Å²) in [6.07, 6.45) is 0. The quantitative estimate of drug-likeness (QED) is 0.384. The van der Waals surface area contributed by atoms with Gasteiger partial charge in [0.1, 0.15) is 0 Å². The molecule has 9 heavy (non-hydrogen) atoms. The third kappa shape index (κ3) is 5.50. The van der Waals surface area contributed by atoms with Gasteiger partial charge in [0.05, 0.1) is 0 Å². The molecule has 44 valence electrons. The predicted octanol–water partition coefficient (Wildman–Crippen LogP) is 3.13. The van der Waals surface area contributed by atoms with Crippen molar-refractivity contribution in [2.24, 2.45) is 0 Å². The molecule has 0 aliphatic carbocycles. The second-order valence-electron chi connectivity index (χ2n) is 1.22. The van der Waals surface area contributed by atoms with E-state index in [0.717, 1.165) is 4.47 Å². The van der Waals surface area contributed by atoms with Gasteiger partial charge in [-0.05, 0) is 0 Å². The number of hydrogen-bond acceptors (Lipinski definition) is 0. The summed E-state index contributed by atoms with van der Waals surface area (Å²) in [6, 6.07) is 10.5. The molecule has 0 amide bonds. The van der Waals surface area contributed by atoms with E-state index in [1.807, 2.05) is 24.3 Å². The molecule has 1 rings (SSSR count). The van der Waals surface area contributed by atoms with Crippen molar-refractivity contribution >= 4 is 35.7 Å². The molecule has 0 aliphatic rings. The molecule has 0 radical (unpaired) electrons. The molecule has 0 aromatic heterocycles. The Hall–Kier alpha value is 1.05. The SMILES string of the molecule is Brc1cc[c-]cc1.[Zn+][I]. The molecule has 0 saturated heterocycles. The summed E-state index contributed by atoms with van der Waals surface area (Å²) in [7, 11) is 0. The van der Waals surface area contributed by atoms with Gasteiger partial charge in [0, 0.05) is 0 Å². The van der Waals surface area contributed by atoms with Crippen LogP contribution in [0.4, 0.5) is 0 Å². The van der Waals surface area contributed by atoms with Crippen LogP contribution in [0.3, 0.4) is 0 Å². The fourth-order valence-corrected chi connectivity index (χ4v) is 0.631. The Balaban J connectivity index is 0.000000291. The summed E-state index contributed by atoms with van der Waals surface area (Å²) in [5, 5.41) is 0. The molecule has 0 fully saturated rings. The van der Waals surface area contributed by atoms with Crippen LogP contribution < -0.4 is 0 Å². The summed E-state index contributed by atoms with van der Waals surface area (Å²) < 4.78 is 1.10. The van der Waals surface area contributed by atoms with E-state index < -0.39 is 0 Å². The van der Waals surface area contributed by atoms with E-state index >= 15 is 0 Å². The zero-order valence-corrected chi connectivity index (χ0v) is 11.5. The van der Waals surface area contributed by atoms with E-state index in [-0.39, 0.29) is 0 Å². The van der Waals surface area contributed by atoms with Gasteiger partial charge in [0.2, 0.25) is 0 Å². The summed E-state index contributed by atoms with van der Waals surface area (Å²) in [5.74, 6) is 0. The van der Waals surface area contributed by atoms with Crippen molar-refractivity contribution in [3.63, 3.8) is 0 Å². The Morgan fingerprint density at radius 2 is 1.78 bits per heavy atom. The van der Waals surface area contributed by atoms with Crippen LogP contribution in [0.1, 0.15) is 0 Å². The van der Waals surface area contributed by atoms with E-state index in [9.17, 15) is 0 Å². The molecule has 1 aromatic rings. The Morgan fingerprint density at radius 1 is 1.33 bits per heavy atom. The minimum absolute atomic E-state index is 1.10. The van der Waals surface area contributed by atoms with Gasteiger partial charge >= 0.3 is 34.5 Å². The number of halogens is 2. The predicted molar refractivity (Wildman–Crippen MR) is 47.0 cm³/mol. The van der Waals surface area contributed by atoms with Crippen LogP contribution in [-0.4, -0.2) is 0 Å². The summed E-state index contributed by atoms with van der Waals surface area (Å²) >= 11 is 6.91. The van der Waals surface area contributed by atoms with E-state index in [4.69, 9.17) is 0 Å². The molecule has 0 aliphatic heterocycles. The van der Waals surface area contributed by atoms with Crippen LogP contribution in [0, 0.1) is 6.07 Å². The second kappa shape index (κ2) is 7.16. The van der Waals surface area contributed by atoms with Crippen LogP contribution in [0.25, 0.3) is 0 Å². The Morgan fingerprint density at radius 3 is 2.00 bits per heavy atom. The van der Waals surface area contributed by atoms with Gasteiger partial charge in [-0.3, -0.25) is 0 Å². The van der Waals surface area contributed by atoms with Crippen molar-refractivity contribution in [3.05, 3.63) is 34.8 Å². The Kier molecular flexibility index (Phi) is 8.00. The summed E-state index contributed by atoms with van der Waals surface area (Å²) in [5.41, 5.74) is 0. The van der Waals surface area contributed by atoms with Crippen molar-refractivity contribution in [2.75, 3.05) is 0 Å². The van der Waals surface area contributed by atoms with Crippen molar-refractivity contribution in [1.29, 1.82) is 0 Å². The second-order valence-corrected chi connectivity index (χ2v) is 2.13. The number of rotatable bonds is 0. The number of hydrogen-bond donors (Lipinski definition) is 0. The molecule has 0 spiro atoms. The fourth-order valence-electron chi connectivity index (χ4n) is 0.367. The van der Waals surface area contributed by atoms with Gasteiger partial charge in [-0.15, -0.1) is 0 Å². The van der Waals surface area contributed by atoms with E-state index in [2.05, 4.69) is 41.7 Å². The first-order valence-electron chi connectivity index (χ1n) is 2.28. The van der Waals surface area contributed by atoms with Gasteiger partial charge in [0.15, 0.2) is 0 Å². The molecule has 0 atom stereocenters. The molecule has 0 N–H and O–H groups in total. The van der Waals surface area contributed by atoms with Crippen molar-refractivity contribution in [1.82, 2.24) is 0 Å². The molecular weight excluding hydrogens is 344 g/mol. The van der Waals surface area contributed by atoms with Crippen LogP contribution in [-0.2, 0) is 14.8 Å². The molecule has 0 nitrogen and oxygen atoms in total. The third-order valence-corrected chi connectivity index (χ3v) is 1.21. The average Bonchev–Trinajstić information content (AvgIpc) is 1.94. The molecule has 0 saturated carbocycles. The monoisotopic (exact) mass is 346 g/mol. The standard InChI is InChI=1S/C6H4Br.HI.Zn/c7-6-4-2-1-3-5-6;;/h2-5H;1H;/q-1;;+2/p-1. The van der Waals surface area contributed by atoms with Gasteiger partial charge in [-0.2, -0.15) is 30.3 Å². The molecule has 0 bridgehead atoms. The van der Waals surface area contributed by atoms with Crippen LogP contribution in [0.5, 0.6) is 0 Å². The first-order valence-corrected chi connectivity index (χ1v) is 12.1. The Labute approximate surface area is 84.4 Å². The molecular formula is C6H4BrIZn. The molecule has 0 unspecified atom stereocenters.